The molecule has 1 N–H and O–H groups in total. The Kier molecular flexibility index (Phi) is 4.05. The van der Waals surface area contributed by atoms with E-state index in [1.807, 2.05) is 6.92 Å². The molecule has 0 rings (SSSR count). The molecule has 11 heavy (non-hydrogen) atoms. The zero-order valence-corrected chi connectivity index (χ0v) is 11.3. The average Bonchev–Trinajstić information content (AvgIpc) is 1.87. The topological polar surface area (TPSA) is 20.2 Å². The molecule has 0 aliphatic carbocycles. The van der Waals surface area contributed by atoms with E-state index >= 15 is 0 Å². The van der Waals surface area contributed by atoms with Gasteiger partial charge in [0.05, 0.1) is 8.07 Å². The average molecular weight is 286 g/mol. The third-order valence-corrected chi connectivity index (χ3v) is 11.5. The summed E-state index contributed by atoms with van der Waals surface area (Å²) in [7, 11) is -1.46. The molecule has 0 spiro atoms. The fourth-order valence-electron chi connectivity index (χ4n) is 0.738. The van der Waals surface area contributed by atoms with Crippen LogP contribution in [0, 0.1) is 0 Å². The highest BCUT2D eigenvalue weighted by atomic mass is 127. The standard InChI is InChI=1S/C8H19IOSi/c1-7(10)11(4,5)8(2,3)6-9/h7,10H,6H2,1-5H3. The van der Waals surface area contributed by atoms with Gasteiger partial charge in [-0.05, 0) is 12.0 Å². The number of alkyl halides is 1. The first-order valence-corrected chi connectivity index (χ1v) is 8.60. The largest absolute Gasteiger partial charge is 0.397 e. The second-order valence-corrected chi connectivity index (χ2v) is 10.8. The Hall–Kier alpha value is 0.907. The van der Waals surface area contributed by atoms with Crippen molar-refractivity contribution in [3.8, 4) is 0 Å². The number of halogens is 1. The minimum Gasteiger partial charge on any atom is -0.397 e. The van der Waals surface area contributed by atoms with Gasteiger partial charge in [-0.3, -0.25) is 0 Å². The molecule has 0 aromatic heterocycles. The predicted molar refractivity (Wildman–Crippen MR) is 62.1 cm³/mol. The van der Waals surface area contributed by atoms with E-state index in [0.717, 1.165) is 4.43 Å². The van der Waals surface area contributed by atoms with Crippen molar-refractivity contribution in [2.45, 2.75) is 44.6 Å². The second kappa shape index (κ2) is 3.74. The van der Waals surface area contributed by atoms with Crippen molar-refractivity contribution in [2.24, 2.45) is 0 Å². The normalized spacial score (nSPS) is 16.6. The number of aliphatic hydroxyl groups excluding tert-OH is 1. The molecule has 1 nitrogen and oxygen atoms in total. The third-order valence-electron chi connectivity index (χ3n) is 3.12. The van der Waals surface area contributed by atoms with Crippen molar-refractivity contribution in [2.75, 3.05) is 4.43 Å². The summed E-state index contributed by atoms with van der Waals surface area (Å²) in [5.74, 6) is 0. The van der Waals surface area contributed by atoms with Gasteiger partial charge < -0.3 is 5.11 Å². The van der Waals surface area contributed by atoms with Crippen molar-refractivity contribution in [1.29, 1.82) is 0 Å². The van der Waals surface area contributed by atoms with Crippen molar-refractivity contribution in [3.05, 3.63) is 0 Å². The molecule has 0 heterocycles. The number of hydrogen-bond donors (Lipinski definition) is 1. The van der Waals surface area contributed by atoms with Crippen LogP contribution in [0.5, 0.6) is 0 Å². The molecule has 1 unspecified atom stereocenters. The van der Waals surface area contributed by atoms with E-state index in [1.165, 1.54) is 0 Å². The molecule has 3 heteroatoms. The maximum absolute atomic E-state index is 9.61. The summed E-state index contributed by atoms with van der Waals surface area (Å²) >= 11 is 2.41. The second-order valence-electron chi connectivity index (χ2n) is 4.42. The maximum atomic E-state index is 9.61. The van der Waals surface area contributed by atoms with Crippen LogP contribution in [0.15, 0.2) is 0 Å². The van der Waals surface area contributed by atoms with E-state index in [9.17, 15) is 5.11 Å². The summed E-state index contributed by atoms with van der Waals surface area (Å²) in [6.07, 6.45) is 0. The van der Waals surface area contributed by atoms with Gasteiger partial charge in [0.1, 0.15) is 0 Å². The van der Waals surface area contributed by atoms with Gasteiger partial charge in [0.15, 0.2) is 0 Å². The summed E-state index contributed by atoms with van der Waals surface area (Å²) in [5, 5.41) is 9.94. The van der Waals surface area contributed by atoms with Crippen LogP contribution in [-0.4, -0.2) is 23.3 Å². The highest BCUT2D eigenvalue weighted by molar-refractivity contribution is 14.1. The third kappa shape index (κ3) is 2.42. The zero-order valence-electron chi connectivity index (χ0n) is 8.11. The molecule has 0 saturated carbocycles. The predicted octanol–water partition coefficient (Wildman–Crippen LogP) is 2.83. The molecular weight excluding hydrogens is 267 g/mol. The van der Waals surface area contributed by atoms with Gasteiger partial charge in [0.2, 0.25) is 0 Å². The van der Waals surface area contributed by atoms with Crippen molar-refractivity contribution < 1.29 is 5.11 Å². The van der Waals surface area contributed by atoms with E-state index in [0.29, 0.717) is 5.04 Å². The zero-order chi connectivity index (χ0) is 9.28. The summed E-state index contributed by atoms with van der Waals surface area (Å²) in [5.41, 5.74) is -0.104. The smallest absolute Gasteiger partial charge is 0.0871 e. The molecular formula is C8H19IOSi. The Balaban J connectivity index is 4.53. The lowest BCUT2D eigenvalue weighted by molar-refractivity contribution is 0.258. The van der Waals surface area contributed by atoms with Gasteiger partial charge in [-0.1, -0.05) is 49.5 Å². The van der Waals surface area contributed by atoms with Crippen molar-refractivity contribution in [3.63, 3.8) is 0 Å². The Bertz CT molecular complexity index is 132. The summed E-state index contributed by atoms with van der Waals surface area (Å²) in [6, 6.07) is 0. The molecule has 0 radical (unpaired) electrons. The van der Waals surface area contributed by atoms with Crippen molar-refractivity contribution in [1.82, 2.24) is 0 Å². The molecule has 0 aromatic carbocycles. The first-order valence-electron chi connectivity index (χ1n) is 4.00. The molecule has 0 bridgehead atoms. The van der Waals surface area contributed by atoms with E-state index in [1.54, 1.807) is 0 Å². The maximum Gasteiger partial charge on any atom is 0.0871 e. The lowest BCUT2D eigenvalue weighted by atomic mass is 10.2. The van der Waals surface area contributed by atoms with Crippen LogP contribution in [0.4, 0.5) is 0 Å². The van der Waals surface area contributed by atoms with Crippen LogP contribution in [0.1, 0.15) is 20.8 Å². The molecule has 0 aliphatic heterocycles. The quantitative estimate of drug-likeness (QED) is 0.480. The van der Waals surface area contributed by atoms with Crippen LogP contribution < -0.4 is 0 Å². The van der Waals surface area contributed by atoms with Crippen LogP contribution in [-0.2, 0) is 0 Å². The van der Waals surface area contributed by atoms with Gasteiger partial charge in [0, 0.05) is 10.2 Å². The van der Waals surface area contributed by atoms with Gasteiger partial charge in [-0.2, -0.15) is 0 Å². The van der Waals surface area contributed by atoms with E-state index in [4.69, 9.17) is 0 Å². The Morgan fingerprint density at radius 2 is 1.82 bits per heavy atom. The van der Waals surface area contributed by atoms with Crippen LogP contribution in [0.25, 0.3) is 0 Å². The number of aliphatic hydroxyl groups is 1. The molecule has 0 amide bonds. The first kappa shape index (κ1) is 11.9. The highest BCUT2D eigenvalue weighted by Crippen LogP contribution is 2.40. The summed E-state index contributed by atoms with van der Waals surface area (Å²) in [4.78, 5) is 0. The monoisotopic (exact) mass is 286 g/mol. The van der Waals surface area contributed by atoms with Gasteiger partial charge in [-0.25, -0.2) is 0 Å². The fraction of sp³-hybridized carbons (Fsp3) is 1.00. The highest BCUT2D eigenvalue weighted by Gasteiger charge is 2.41. The van der Waals surface area contributed by atoms with E-state index in [-0.39, 0.29) is 5.73 Å². The fourth-order valence-corrected chi connectivity index (χ4v) is 5.16. The van der Waals surface area contributed by atoms with E-state index < -0.39 is 8.07 Å². The number of hydrogen-bond acceptors (Lipinski definition) is 1. The Labute approximate surface area is 84.7 Å². The SMILES string of the molecule is CC(O)[Si](C)(C)C(C)(C)CI. The summed E-state index contributed by atoms with van der Waals surface area (Å²) in [6.45, 7) is 11.0. The molecule has 0 saturated heterocycles. The first-order chi connectivity index (χ1) is 4.75. The molecule has 0 aliphatic rings. The van der Waals surface area contributed by atoms with Crippen LogP contribution >= 0.6 is 22.6 Å². The summed E-state index contributed by atoms with van der Waals surface area (Å²) < 4.78 is 1.13. The van der Waals surface area contributed by atoms with Crippen molar-refractivity contribution >= 4 is 30.7 Å². The van der Waals surface area contributed by atoms with Gasteiger partial charge in [-0.15, -0.1) is 0 Å². The lowest BCUT2D eigenvalue weighted by Crippen LogP contribution is -2.49. The van der Waals surface area contributed by atoms with E-state index in [2.05, 4.69) is 49.5 Å². The molecule has 68 valence electrons. The molecule has 0 fully saturated rings. The van der Waals surface area contributed by atoms with Gasteiger partial charge in [0.25, 0.3) is 0 Å². The Morgan fingerprint density at radius 1 is 1.45 bits per heavy atom. The lowest BCUT2D eigenvalue weighted by Gasteiger charge is -2.40. The Morgan fingerprint density at radius 3 is 1.91 bits per heavy atom. The molecule has 1 atom stereocenters. The van der Waals surface area contributed by atoms with Crippen LogP contribution in [0.3, 0.4) is 0 Å². The minimum atomic E-state index is -1.46. The molecule has 0 aromatic rings. The minimum absolute atomic E-state index is 0.104. The van der Waals surface area contributed by atoms with Gasteiger partial charge >= 0.3 is 0 Å². The van der Waals surface area contributed by atoms with Crippen LogP contribution in [0.2, 0.25) is 18.1 Å². The number of rotatable bonds is 3.